The number of nitrogens with zero attached hydrogens (tertiary/aromatic N) is 2. The summed E-state index contributed by atoms with van der Waals surface area (Å²) in [5.41, 5.74) is -0.167. The van der Waals surface area contributed by atoms with Crippen molar-refractivity contribution < 1.29 is 37.3 Å². The molecule has 47 heavy (non-hydrogen) atoms. The van der Waals surface area contributed by atoms with E-state index in [1.807, 2.05) is 0 Å². The van der Waals surface area contributed by atoms with Crippen LogP contribution in [0.15, 0.2) is 77.7 Å². The van der Waals surface area contributed by atoms with Gasteiger partial charge >= 0.3 is 5.97 Å². The highest BCUT2D eigenvalue weighted by molar-refractivity contribution is 6.05. The van der Waals surface area contributed by atoms with Gasteiger partial charge in [0.05, 0.1) is 26.3 Å². The molecule has 12 heteroatoms. The van der Waals surface area contributed by atoms with E-state index in [-0.39, 0.29) is 40.9 Å². The normalized spacial score (nSPS) is 11.0. The number of carbonyl (C=O) groups is 2. The molecule has 1 N–H and O–H groups in total. The number of nitrogens with one attached hydrogen (secondary N) is 1. The average molecular weight is 644 g/mol. The van der Waals surface area contributed by atoms with Gasteiger partial charge in [-0.15, -0.1) is 0 Å². The van der Waals surface area contributed by atoms with Crippen LogP contribution in [0.2, 0.25) is 0 Å². The SMILES string of the molecule is CCOC(=O)c1c(C(C)C)cc(C(=O)Nc2ccc(Oc3ccnc4cc(OC)c(OC)cc34)c(F)c2)c(=O)n1-c1ccc(F)cc1. The number of methoxy groups -OCH3 is 2. The zero-order valence-electron chi connectivity index (χ0n) is 26.2. The van der Waals surface area contributed by atoms with Crippen molar-refractivity contribution in [1.82, 2.24) is 9.55 Å². The second kappa shape index (κ2) is 13.7. The smallest absolute Gasteiger partial charge is 0.355 e. The van der Waals surface area contributed by atoms with Crippen LogP contribution in [-0.2, 0) is 4.74 Å². The van der Waals surface area contributed by atoms with E-state index >= 15 is 4.39 Å². The molecule has 10 nitrogen and oxygen atoms in total. The highest BCUT2D eigenvalue weighted by Crippen LogP contribution is 2.37. The lowest BCUT2D eigenvalue weighted by molar-refractivity contribution is 0.0513. The lowest BCUT2D eigenvalue weighted by Gasteiger charge is -2.20. The second-order valence-electron chi connectivity index (χ2n) is 10.6. The molecule has 0 spiro atoms. The summed E-state index contributed by atoms with van der Waals surface area (Å²) >= 11 is 0. The first kappa shape index (κ1) is 32.6. The molecule has 5 aromatic rings. The van der Waals surface area contributed by atoms with Gasteiger partial charge in [0, 0.05) is 35.1 Å². The van der Waals surface area contributed by atoms with Gasteiger partial charge in [0.1, 0.15) is 22.8 Å². The van der Waals surface area contributed by atoms with E-state index in [9.17, 15) is 18.8 Å². The van der Waals surface area contributed by atoms with Crippen LogP contribution >= 0.6 is 0 Å². The molecule has 0 aliphatic rings. The molecule has 2 heterocycles. The van der Waals surface area contributed by atoms with Crippen LogP contribution < -0.4 is 25.1 Å². The maximum atomic E-state index is 15.4. The van der Waals surface area contributed by atoms with Crippen LogP contribution in [0.25, 0.3) is 16.6 Å². The Morgan fingerprint density at radius 1 is 0.894 bits per heavy atom. The summed E-state index contributed by atoms with van der Waals surface area (Å²) < 4.78 is 51.9. The third kappa shape index (κ3) is 6.62. The third-order valence-corrected chi connectivity index (χ3v) is 7.27. The zero-order valence-corrected chi connectivity index (χ0v) is 26.2. The fourth-order valence-electron chi connectivity index (χ4n) is 5.00. The molecule has 0 fully saturated rings. The Kier molecular flexibility index (Phi) is 9.50. The maximum absolute atomic E-state index is 15.4. The Morgan fingerprint density at radius 3 is 2.23 bits per heavy atom. The molecule has 2 aromatic heterocycles. The number of carbonyl (C=O) groups excluding carboxylic acids is 2. The number of amides is 1. The minimum atomic E-state index is -0.850. The monoisotopic (exact) mass is 643 g/mol. The zero-order chi connectivity index (χ0) is 33.8. The molecule has 0 aliphatic heterocycles. The number of aromatic nitrogens is 2. The molecule has 0 unspecified atom stereocenters. The second-order valence-corrected chi connectivity index (χ2v) is 10.6. The van der Waals surface area contributed by atoms with Gasteiger partial charge in [-0.2, -0.15) is 0 Å². The van der Waals surface area contributed by atoms with Crippen LogP contribution in [0, 0.1) is 11.6 Å². The van der Waals surface area contributed by atoms with Crippen molar-refractivity contribution in [2.45, 2.75) is 26.7 Å². The first-order chi connectivity index (χ1) is 22.6. The van der Waals surface area contributed by atoms with Crippen LogP contribution in [0.4, 0.5) is 14.5 Å². The van der Waals surface area contributed by atoms with Gasteiger partial charge in [-0.05, 0) is 73.0 Å². The fraction of sp³-hybridized carbons (Fsp3) is 0.200. The Bertz CT molecular complexity index is 2040. The molecule has 0 radical (unpaired) electrons. The summed E-state index contributed by atoms with van der Waals surface area (Å²) in [5, 5.41) is 3.10. The molecule has 0 aliphatic carbocycles. The summed E-state index contributed by atoms with van der Waals surface area (Å²) in [5.74, 6) is -2.23. The Labute approximate surface area is 268 Å². The van der Waals surface area contributed by atoms with Crippen molar-refractivity contribution in [2.75, 3.05) is 26.1 Å². The average Bonchev–Trinajstić information content (AvgIpc) is 3.05. The van der Waals surface area contributed by atoms with Gasteiger partial charge in [-0.3, -0.25) is 19.1 Å². The van der Waals surface area contributed by atoms with Crippen LogP contribution in [-0.4, -0.2) is 42.3 Å². The highest BCUT2D eigenvalue weighted by Gasteiger charge is 2.27. The van der Waals surface area contributed by atoms with E-state index in [1.54, 1.807) is 39.0 Å². The van der Waals surface area contributed by atoms with Gasteiger partial charge in [-0.1, -0.05) is 13.8 Å². The van der Waals surface area contributed by atoms with Crippen molar-refractivity contribution in [3.8, 4) is 28.7 Å². The third-order valence-electron chi connectivity index (χ3n) is 7.27. The standard InChI is InChI=1S/C35H31F2N3O7/c1-6-46-35(43)32-23(19(2)3)16-25(34(42)40(32)22-10-7-20(36)8-11-22)33(41)39-21-9-12-29(26(37)15-21)47-28-13-14-38-27-18-31(45-5)30(44-4)17-24(27)28/h7-19H,6H2,1-5H3,(H,39,41). The van der Waals surface area contributed by atoms with Crippen molar-refractivity contribution in [3.05, 3.63) is 112 Å². The number of fused-ring (bicyclic) bond motifs is 1. The minimum Gasteiger partial charge on any atom is -0.493 e. The van der Waals surface area contributed by atoms with E-state index in [0.29, 0.717) is 33.7 Å². The van der Waals surface area contributed by atoms with Gasteiger partial charge in [0.2, 0.25) is 0 Å². The van der Waals surface area contributed by atoms with Gasteiger partial charge < -0.3 is 24.3 Å². The Balaban J connectivity index is 1.49. The summed E-state index contributed by atoms with van der Waals surface area (Å²) in [4.78, 5) is 44.7. The Morgan fingerprint density at radius 2 is 1.60 bits per heavy atom. The molecule has 242 valence electrons. The van der Waals surface area contributed by atoms with Crippen molar-refractivity contribution in [3.63, 3.8) is 0 Å². The predicted molar refractivity (Wildman–Crippen MR) is 171 cm³/mol. The summed E-state index contributed by atoms with van der Waals surface area (Å²) in [7, 11) is 2.99. The number of hydrogen-bond acceptors (Lipinski definition) is 8. The van der Waals surface area contributed by atoms with Crippen molar-refractivity contribution >= 4 is 28.5 Å². The molecule has 0 atom stereocenters. The molecular weight excluding hydrogens is 612 g/mol. The fourth-order valence-corrected chi connectivity index (χ4v) is 5.00. The number of ether oxygens (including phenoxy) is 4. The number of benzene rings is 3. The van der Waals surface area contributed by atoms with Crippen molar-refractivity contribution in [1.29, 1.82) is 0 Å². The molecule has 5 rings (SSSR count). The first-order valence-electron chi connectivity index (χ1n) is 14.6. The van der Waals surface area contributed by atoms with Crippen LogP contribution in [0.3, 0.4) is 0 Å². The van der Waals surface area contributed by atoms with Crippen molar-refractivity contribution in [2.24, 2.45) is 0 Å². The predicted octanol–water partition coefficient (Wildman–Crippen LogP) is 7.03. The number of anilines is 1. The number of halogens is 2. The largest absolute Gasteiger partial charge is 0.493 e. The molecule has 0 saturated carbocycles. The van der Waals surface area contributed by atoms with Gasteiger partial charge in [0.15, 0.2) is 23.1 Å². The number of esters is 1. The maximum Gasteiger partial charge on any atom is 0.355 e. The number of rotatable bonds is 10. The van der Waals surface area contributed by atoms with Crippen LogP contribution in [0.5, 0.6) is 23.0 Å². The van der Waals surface area contributed by atoms with Gasteiger partial charge in [-0.25, -0.2) is 13.6 Å². The summed E-state index contributed by atoms with van der Waals surface area (Å²) in [6.45, 7) is 5.23. The topological polar surface area (TPSA) is 118 Å². The molecule has 0 bridgehead atoms. The molecular formula is C35H31F2N3O7. The number of pyridine rings is 2. The van der Waals surface area contributed by atoms with Crippen LogP contribution in [0.1, 0.15) is 53.1 Å². The van der Waals surface area contributed by atoms with E-state index in [4.69, 9.17) is 18.9 Å². The lowest BCUT2D eigenvalue weighted by Crippen LogP contribution is -2.33. The molecule has 3 aromatic carbocycles. The van der Waals surface area contributed by atoms with E-state index in [1.165, 1.54) is 50.7 Å². The Hall–Kier alpha value is -5.78. The van der Waals surface area contributed by atoms with Gasteiger partial charge in [0.25, 0.3) is 11.5 Å². The molecule has 0 saturated heterocycles. The van der Waals surface area contributed by atoms with E-state index in [2.05, 4.69) is 10.3 Å². The lowest BCUT2D eigenvalue weighted by atomic mass is 9.98. The first-order valence-corrected chi connectivity index (χ1v) is 14.6. The highest BCUT2D eigenvalue weighted by atomic mass is 19.1. The molecule has 1 amide bonds. The summed E-state index contributed by atoms with van der Waals surface area (Å²) in [6, 6.07) is 14.9. The number of hydrogen-bond donors (Lipinski definition) is 1. The summed E-state index contributed by atoms with van der Waals surface area (Å²) in [6.07, 6.45) is 1.51. The van der Waals surface area contributed by atoms with E-state index < -0.39 is 29.1 Å². The quantitative estimate of drug-likeness (QED) is 0.161. The van der Waals surface area contributed by atoms with E-state index in [0.717, 1.165) is 22.8 Å². The minimum absolute atomic E-state index is 0.0409.